The van der Waals surface area contributed by atoms with Gasteiger partial charge in [-0.2, -0.15) is 0 Å². The number of aromatic hydroxyl groups is 1. The van der Waals surface area contributed by atoms with Gasteiger partial charge in [-0.3, -0.25) is 4.79 Å². The Balaban J connectivity index is 2.29. The number of ketones is 1. The first-order chi connectivity index (χ1) is 11.4. The highest BCUT2D eigenvalue weighted by molar-refractivity contribution is 5.96. The number of phenols is 1. The van der Waals surface area contributed by atoms with Crippen LogP contribution in [0.4, 0.5) is 0 Å². The van der Waals surface area contributed by atoms with Gasteiger partial charge in [0.1, 0.15) is 5.75 Å². The van der Waals surface area contributed by atoms with Gasteiger partial charge >= 0.3 is 0 Å². The largest absolute Gasteiger partial charge is 0.507 e. The summed E-state index contributed by atoms with van der Waals surface area (Å²) in [5.41, 5.74) is 4.86. The van der Waals surface area contributed by atoms with Crippen molar-refractivity contribution in [3.8, 4) is 5.75 Å². The van der Waals surface area contributed by atoms with E-state index in [1.807, 2.05) is 13.0 Å². The molecule has 0 aliphatic heterocycles. The van der Waals surface area contributed by atoms with E-state index in [9.17, 15) is 9.90 Å². The lowest BCUT2D eigenvalue weighted by Gasteiger charge is -2.28. The molecule has 1 aromatic rings. The molecule has 1 aromatic carbocycles. The second-order valence-corrected chi connectivity index (χ2v) is 9.28. The highest BCUT2D eigenvalue weighted by atomic mass is 16.3. The van der Waals surface area contributed by atoms with Crippen molar-refractivity contribution in [3.63, 3.8) is 0 Å². The van der Waals surface area contributed by atoms with Crippen molar-refractivity contribution in [2.24, 2.45) is 0 Å². The van der Waals surface area contributed by atoms with Gasteiger partial charge in [-0.1, -0.05) is 71.4 Å². The van der Waals surface area contributed by atoms with Gasteiger partial charge in [-0.05, 0) is 52.9 Å². The number of hydrogen-bond acceptors (Lipinski definition) is 2. The Morgan fingerprint density at radius 1 is 1.04 bits per heavy atom. The summed E-state index contributed by atoms with van der Waals surface area (Å²) in [7, 11) is 0. The topological polar surface area (TPSA) is 37.3 Å². The quantitative estimate of drug-likeness (QED) is 0.756. The van der Waals surface area contributed by atoms with E-state index in [0.717, 1.165) is 28.7 Å². The predicted octanol–water partition coefficient (Wildman–Crippen LogP) is 5.77. The first kappa shape index (κ1) is 19.5. The Bertz CT molecular complexity index is 699. The zero-order chi connectivity index (χ0) is 19.0. The van der Waals surface area contributed by atoms with Crippen molar-refractivity contribution in [2.75, 3.05) is 0 Å². The third-order valence-electron chi connectivity index (χ3n) is 4.83. The van der Waals surface area contributed by atoms with E-state index in [4.69, 9.17) is 0 Å². The second kappa shape index (κ2) is 6.82. The van der Waals surface area contributed by atoms with E-state index in [1.165, 1.54) is 5.57 Å². The fourth-order valence-electron chi connectivity index (χ4n) is 3.26. The highest BCUT2D eigenvalue weighted by Gasteiger charge is 2.26. The number of carbonyl (C=O) groups is 1. The second-order valence-electron chi connectivity index (χ2n) is 9.28. The molecule has 1 aliphatic carbocycles. The van der Waals surface area contributed by atoms with E-state index in [2.05, 4.69) is 59.8 Å². The van der Waals surface area contributed by atoms with Crippen molar-refractivity contribution in [3.05, 3.63) is 52.1 Å². The summed E-state index contributed by atoms with van der Waals surface area (Å²) in [5.74, 6) is 0.629. The van der Waals surface area contributed by atoms with E-state index in [0.29, 0.717) is 18.6 Å². The van der Waals surface area contributed by atoms with Gasteiger partial charge in [-0.15, -0.1) is 0 Å². The van der Waals surface area contributed by atoms with Crippen LogP contribution in [0.1, 0.15) is 78.0 Å². The van der Waals surface area contributed by atoms with Crippen LogP contribution in [0.15, 0.2) is 35.4 Å². The number of hydrogen-bond donors (Lipinski definition) is 1. The number of rotatable bonds is 4. The molecule has 2 rings (SSSR count). The molecule has 25 heavy (non-hydrogen) atoms. The zero-order valence-electron chi connectivity index (χ0n) is 16.8. The lowest BCUT2D eigenvalue weighted by atomic mass is 9.78. The van der Waals surface area contributed by atoms with Gasteiger partial charge in [0.05, 0.1) is 0 Å². The molecule has 0 spiro atoms. The summed E-state index contributed by atoms with van der Waals surface area (Å²) in [6.07, 6.45) is 6.09. The maximum atomic E-state index is 12.4. The summed E-state index contributed by atoms with van der Waals surface area (Å²) >= 11 is 0. The van der Waals surface area contributed by atoms with Crippen LogP contribution in [0.25, 0.3) is 0 Å². The van der Waals surface area contributed by atoms with Crippen LogP contribution in [0.5, 0.6) is 5.75 Å². The smallest absolute Gasteiger partial charge is 0.159 e. The summed E-state index contributed by atoms with van der Waals surface area (Å²) in [6, 6.07) is 4.15. The Morgan fingerprint density at radius 3 is 1.96 bits per heavy atom. The van der Waals surface area contributed by atoms with Crippen LogP contribution < -0.4 is 0 Å². The molecular formula is C23H32O2. The van der Waals surface area contributed by atoms with Gasteiger partial charge in [0.25, 0.3) is 0 Å². The first-order valence-corrected chi connectivity index (χ1v) is 9.17. The molecule has 136 valence electrons. The SMILES string of the molecule is CC1=CCC(C(=O)CCc2cc(C(C)(C)C)c(O)c(C(C)(C)C)c2)=C1. The van der Waals surface area contributed by atoms with Crippen LogP contribution in [-0.4, -0.2) is 10.9 Å². The van der Waals surface area contributed by atoms with Crippen LogP contribution in [0.3, 0.4) is 0 Å². The lowest BCUT2D eigenvalue weighted by molar-refractivity contribution is -0.115. The zero-order valence-corrected chi connectivity index (χ0v) is 16.8. The van der Waals surface area contributed by atoms with E-state index >= 15 is 0 Å². The molecule has 0 saturated carbocycles. The van der Waals surface area contributed by atoms with Crippen molar-refractivity contribution in [1.82, 2.24) is 0 Å². The summed E-state index contributed by atoms with van der Waals surface area (Å²) in [6.45, 7) is 14.7. The molecule has 0 atom stereocenters. The maximum absolute atomic E-state index is 12.4. The number of carbonyl (C=O) groups excluding carboxylic acids is 1. The first-order valence-electron chi connectivity index (χ1n) is 9.17. The molecule has 0 heterocycles. The Morgan fingerprint density at radius 2 is 1.56 bits per heavy atom. The number of benzene rings is 1. The molecule has 0 amide bonds. The molecule has 0 unspecified atom stereocenters. The van der Waals surface area contributed by atoms with Crippen molar-refractivity contribution in [2.45, 2.75) is 78.6 Å². The van der Waals surface area contributed by atoms with Gasteiger partial charge in [0.15, 0.2) is 5.78 Å². The number of Topliss-reactive ketones (excluding diaryl/α,β-unsaturated/α-hetero) is 1. The van der Waals surface area contributed by atoms with Crippen LogP contribution in [-0.2, 0) is 22.0 Å². The molecular weight excluding hydrogens is 308 g/mol. The summed E-state index contributed by atoms with van der Waals surface area (Å²) < 4.78 is 0. The predicted molar refractivity (Wildman–Crippen MR) is 105 cm³/mol. The fourth-order valence-corrected chi connectivity index (χ4v) is 3.26. The molecule has 1 N–H and O–H groups in total. The van der Waals surface area contributed by atoms with E-state index in [1.54, 1.807) is 0 Å². The minimum atomic E-state index is -0.140. The number of phenolic OH excluding ortho intramolecular Hbond substituents is 1. The monoisotopic (exact) mass is 340 g/mol. The number of aryl methyl sites for hydroxylation is 1. The Labute approximate surface area is 152 Å². The maximum Gasteiger partial charge on any atom is 0.159 e. The Kier molecular flexibility index (Phi) is 5.32. The molecule has 0 radical (unpaired) electrons. The van der Waals surface area contributed by atoms with Crippen molar-refractivity contribution >= 4 is 5.78 Å². The van der Waals surface area contributed by atoms with Gasteiger partial charge in [-0.25, -0.2) is 0 Å². The average Bonchev–Trinajstić information content (AvgIpc) is 2.90. The summed E-state index contributed by atoms with van der Waals surface area (Å²) in [4.78, 5) is 12.4. The van der Waals surface area contributed by atoms with Gasteiger partial charge < -0.3 is 5.11 Å². The summed E-state index contributed by atoms with van der Waals surface area (Å²) in [5, 5.41) is 10.8. The van der Waals surface area contributed by atoms with Crippen molar-refractivity contribution < 1.29 is 9.90 Å². The van der Waals surface area contributed by atoms with Gasteiger partial charge in [0.2, 0.25) is 0 Å². The fraction of sp³-hybridized carbons (Fsp3) is 0.522. The molecule has 0 fully saturated rings. The Hall–Kier alpha value is -1.83. The third-order valence-corrected chi connectivity index (χ3v) is 4.83. The molecule has 2 nitrogen and oxygen atoms in total. The minimum absolute atomic E-state index is 0.140. The lowest BCUT2D eigenvalue weighted by Crippen LogP contribution is -2.18. The van der Waals surface area contributed by atoms with Crippen LogP contribution >= 0.6 is 0 Å². The standard InChI is InChI=1S/C23H32O2/c1-15-8-10-17(12-15)20(24)11-9-16-13-18(22(2,3)4)21(25)19(14-16)23(5,6)7/h8,12-14,25H,9-11H2,1-7H3. The van der Waals surface area contributed by atoms with E-state index in [-0.39, 0.29) is 16.6 Å². The molecule has 0 bridgehead atoms. The molecule has 0 aromatic heterocycles. The van der Waals surface area contributed by atoms with E-state index < -0.39 is 0 Å². The number of allylic oxidation sites excluding steroid dienone is 4. The third kappa shape index (κ3) is 4.62. The normalized spacial score (nSPS) is 15.2. The minimum Gasteiger partial charge on any atom is -0.507 e. The van der Waals surface area contributed by atoms with Crippen molar-refractivity contribution in [1.29, 1.82) is 0 Å². The molecule has 2 heteroatoms. The van der Waals surface area contributed by atoms with Crippen LogP contribution in [0.2, 0.25) is 0 Å². The van der Waals surface area contributed by atoms with Gasteiger partial charge in [0, 0.05) is 6.42 Å². The average molecular weight is 341 g/mol. The highest BCUT2D eigenvalue weighted by Crippen LogP contribution is 2.40. The van der Waals surface area contributed by atoms with Crippen LogP contribution in [0, 0.1) is 0 Å². The molecule has 1 aliphatic rings. The molecule has 0 saturated heterocycles.